The van der Waals surface area contributed by atoms with Crippen LogP contribution in [0.4, 0.5) is 0 Å². The van der Waals surface area contributed by atoms with Crippen molar-refractivity contribution in [1.82, 2.24) is 9.97 Å². The Morgan fingerprint density at radius 1 is 1.13 bits per heavy atom. The number of ketones is 1. The highest BCUT2D eigenvalue weighted by molar-refractivity contribution is 6.04. The monoisotopic (exact) mass is 204 g/mol. The number of aromatic nitrogens is 2. The van der Waals surface area contributed by atoms with E-state index in [0.717, 1.165) is 0 Å². The van der Waals surface area contributed by atoms with Crippen LogP contribution in [-0.2, 0) is 0 Å². The Hall–Kier alpha value is -2.17. The molecule has 0 spiro atoms. The Kier molecular flexibility index (Phi) is 2.00. The number of carbonyl (C=O) groups is 1. The van der Waals surface area contributed by atoms with Gasteiger partial charge in [-0.3, -0.25) is 14.4 Å². The maximum absolute atomic E-state index is 11.2. The third-order valence-electron chi connectivity index (χ3n) is 2.14. The van der Waals surface area contributed by atoms with E-state index in [4.69, 9.17) is 0 Å². The standard InChI is InChI=1S/C10H8N2O3/c1-5(13)6-3-2-4-7-8(6)12-10(15)9(14)11-7/h2-4H,1H3,(H,11,14)(H,12,15). The van der Waals surface area contributed by atoms with Gasteiger partial charge in [0, 0.05) is 5.56 Å². The number of hydrogen-bond donors (Lipinski definition) is 2. The Labute approximate surface area is 83.8 Å². The minimum absolute atomic E-state index is 0.164. The van der Waals surface area contributed by atoms with Crippen LogP contribution in [-0.4, -0.2) is 15.8 Å². The molecular weight excluding hydrogens is 196 g/mol. The molecule has 0 unspecified atom stereocenters. The van der Waals surface area contributed by atoms with Crippen molar-refractivity contribution in [3.63, 3.8) is 0 Å². The second kappa shape index (κ2) is 3.20. The van der Waals surface area contributed by atoms with E-state index < -0.39 is 11.1 Å². The summed E-state index contributed by atoms with van der Waals surface area (Å²) in [5.41, 5.74) is -0.262. The number of rotatable bonds is 1. The lowest BCUT2D eigenvalue weighted by atomic mass is 10.1. The van der Waals surface area contributed by atoms with Crippen LogP contribution in [0.15, 0.2) is 27.8 Å². The van der Waals surface area contributed by atoms with E-state index in [1.165, 1.54) is 6.92 Å². The first-order valence-electron chi connectivity index (χ1n) is 4.36. The number of benzene rings is 1. The number of H-pyrrole nitrogens is 2. The summed E-state index contributed by atoms with van der Waals surface area (Å²) >= 11 is 0. The van der Waals surface area contributed by atoms with Crippen molar-refractivity contribution in [2.45, 2.75) is 6.92 Å². The second-order valence-electron chi connectivity index (χ2n) is 3.19. The summed E-state index contributed by atoms with van der Waals surface area (Å²) in [5.74, 6) is -0.164. The summed E-state index contributed by atoms with van der Waals surface area (Å²) in [7, 11) is 0. The van der Waals surface area contributed by atoms with Gasteiger partial charge in [0.1, 0.15) is 0 Å². The highest BCUT2D eigenvalue weighted by atomic mass is 16.2. The van der Waals surface area contributed by atoms with Crippen LogP contribution in [0.3, 0.4) is 0 Å². The number of hydrogen-bond acceptors (Lipinski definition) is 3. The summed E-state index contributed by atoms with van der Waals surface area (Å²) in [6, 6.07) is 4.87. The van der Waals surface area contributed by atoms with Gasteiger partial charge in [0.15, 0.2) is 5.78 Å². The normalized spacial score (nSPS) is 10.5. The van der Waals surface area contributed by atoms with E-state index in [2.05, 4.69) is 9.97 Å². The molecule has 1 heterocycles. The highest BCUT2D eigenvalue weighted by Gasteiger charge is 2.07. The molecule has 5 nitrogen and oxygen atoms in total. The largest absolute Gasteiger partial charge is 0.316 e. The number of fused-ring (bicyclic) bond motifs is 1. The van der Waals surface area contributed by atoms with Gasteiger partial charge >= 0.3 is 11.1 Å². The summed E-state index contributed by atoms with van der Waals surface area (Å²) in [6.07, 6.45) is 0. The average Bonchev–Trinajstić information content (AvgIpc) is 2.18. The molecule has 0 fully saturated rings. The van der Waals surface area contributed by atoms with Crippen molar-refractivity contribution in [3.8, 4) is 0 Å². The van der Waals surface area contributed by atoms with Crippen molar-refractivity contribution < 1.29 is 4.79 Å². The summed E-state index contributed by atoms with van der Waals surface area (Å²) in [5, 5.41) is 0. The molecule has 0 amide bonds. The zero-order valence-corrected chi connectivity index (χ0v) is 7.96. The van der Waals surface area contributed by atoms with Gasteiger partial charge in [-0.2, -0.15) is 0 Å². The maximum Gasteiger partial charge on any atom is 0.314 e. The lowest BCUT2D eigenvalue weighted by Gasteiger charge is -2.01. The van der Waals surface area contributed by atoms with E-state index in [-0.39, 0.29) is 5.78 Å². The molecule has 2 aromatic rings. The van der Waals surface area contributed by atoms with Gasteiger partial charge in [0.25, 0.3) is 0 Å². The molecule has 0 aliphatic heterocycles. The topological polar surface area (TPSA) is 82.8 Å². The molecule has 15 heavy (non-hydrogen) atoms. The van der Waals surface area contributed by atoms with Gasteiger partial charge in [-0.25, -0.2) is 0 Å². The van der Waals surface area contributed by atoms with E-state index in [9.17, 15) is 14.4 Å². The fourth-order valence-electron chi connectivity index (χ4n) is 1.43. The molecule has 1 aromatic heterocycles. The Bertz CT molecular complexity index is 652. The lowest BCUT2D eigenvalue weighted by molar-refractivity contribution is 0.101. The van der Waals surface area contributed by atoms with Gasteiger partial charge in [-0.1, -0.05) is 6.07 Å². The molecule has 0 aliphatic rings. The summed E-state index contributed by atoms with van der Waals surface area (Å²) < 4.78 is 0. The molecule has 2 rings (SSSR count). The number of nitrogens with one attached hydrogen (secondary N) is 2. The first-order chi connectivity index (χ1) is 7.09. The van der Waals surface area contributed by atoms with Crippen molar-refractivity contribution in [1.29, 1.82) is 0 Å². The van der Waals surface area contributed by atoms with Gasteiger partial charge in [-0.15, -0.1) is 0 Å². The molecule has 0 aliphatic carbocycles. The van der Waals surface area contributed by atoms with Crippen LogP contribution in [0.25, 0.3) is 11.0 Å². The Morgan fingerprint density at radius 3 is 2.47 bits per heavy atom. The Balaban J connectivity index is 2.98. The lowest BCUT2D eigenvalue weighted by Crippen LogP contribution is -2.29. The molecule has 0 saturated carbocycles. The van der Waals surface area contributed by atoms with Crippen molar-refractivity contribution in [3.05, 3.63) is 44.5 Å². The molecule has 0 bridgehead atoms. The molecule has 2 N–H and O–H groups in total. The Morgan fingerprint density at radius 2 is 1.80 bits per heavy atom. The molecule has 0 atom stereocenters. The van der Waals surface area contributed by atoms with Crippen LogP contribution in [0.5, 0.6) is 0 Å². The number of carbonyl (C=O) groups excluding carboxylic acids is 1. The smallest absolute Gasteiger partial charge is 0.314 e. The number of aromatic amines is 2. The minimum atomic E-state index is -0.754. The first-order valence-corrected chi connectivity index (χ1v) is 4.36. The number of Topliss-reactive ketones (excluding diaryl/α,β-unsaturated/α-hetero) is 1. The zero-order chi connectivity index (χ0) is 11.0. The molecular formula is C10H8N2O3. The van der Waals surface area contributed by atoms with Crippen LogP contribution in [0.1, 0.15) is 17.3 Å². The van der Waals surface area contributed by atoms with E-state index in [0.29, 0.717) is 16.6 Å². The minimum Gasteiger partial charge on any atom is -0.316 e. The fourth-order valence-corrected chi connectivity index (χ4v) is 1.43. The van der Waals surface area contributed by atoms with Gasteiger partial charge in [0.2, 0.25) is 0 Å². The van der Waals surface area contributed by atoms with E-state index in [1.807, 2.05) is 0 Å². The highest BCUT2D eigenvalue weighted by Crippen LogP contribution is 2.12. The number of para-hydroxylation sites is 1. The molecule has 1 aromatic carbocycles. The molecule has 0 radical (unpaired) electrons. The summed E-state index contributed by atoms with van der Waals surface area (Å²) in [4.78, 5) is 38.2. The predicted molar refractivity (Wildman–Crippen MR) is 55.2 cm³/mol. The van der Waals surface area contributed by atoms with Crippen molar-refractivity contribution >= 4 is 16.8 Å². The van der Waals surface area contributed by atoms with Crippen LogP contribution >= 0.6 is 0 Å². The van der Waals surface area contributed by atoms with Gasteiger partial charge in [-0.05, 0) is 19.1 Å². The molecule has 5 heteroatoms. The quantitative estimate of drug-likeness (QED) is 0.521. The van der Waals surface area contributed by atoms with Crippen LogP contribution in [0, 0.1) is 0 Å². The summed E-state index contributed by atoms with van der Waals surface area (Å²) in [6.45, 7) is 1.40. The third-order valence-corrected chi connectivity index (χ3v) is 2.14. The van der Waals surface area contributed by atoms with Crippen molar-refractivity contribution in [2.75, 3.05) is 0 Å². The van der Waals surface area contributed by atoms with E-state index >= 15 is 0 Å². The molecule has 76 valence electrons. The fraction of sp³-hybridized carbons (Fsp3) is 0.100. The molecule has 0 saturated heterocycles. The maximum atomic E-state index is 11.2. The van der Waals surface area contributed by atoms with Gasteiger partial charge in [0.05, 0.1) is 11.0 Å². The van der Waals surface area contributed by atoms with E-state index in [1.54, 1.807) is 18.2 Å². The average molecular weight is 204 g/mol. The first kappa shape index (κ1) is 9.39. The van der Waals surface area contributed by atoms with Gasteiger partial charge < -0.3 is 9.97 Å². The van der Waals surface area contributed by atoms with Crippen LogP contribution in [0.2, 0.25) is 0 Å². The SMILES string of the molecule is CC(=O)c1cccc2[nH]c(=O)c(=O)[nH]c12. The van der Waals surface area contributed by atoms with Crippen molar-refractivity contribution in [2.24, 2.45) is 0 Å². The predicted octanol–water partition coefficient (Wildman–Crippen LogP) is 0.419. The second-order valence-corrected chi connectivity index (χ2v) is 3.19. The van der Waals surface area contributed by atoms with Crippen LogP contribution < -0.4 is 11.1 Å². The zero-order valence-electron chi connectivity index (χ0n) is 7.96. The third kappa shape index (κ3) is 1.48.